The summed E-state index contributed by atoms with van der Waals surface area (Å²) in [5.41, 5.74) is 9.36. The molecule has 2 unspecified atom stereocenters. The van der Waals surface area contributed by atoms with Crippen LogP contribution in [0.15, 0.2) is 6.07 Å². The molecule has 94 valence electrons. The second kappa shape index (κ2) is 4.65. The van der Waals surface area contributed by atoms with E-state index < -0.39 is 0 Å². The lowest BCUT2D eigenvalue weighted by Crippen LogP contribution is -2.24. The van der Waals surface area contributed by atoms with E-state index in [1.54, 1.807) is 0 Å². The van der Waals surface area contributed by atoms with E-state index in [1.807, 2.05) is 6.92 Å². The highest BCUT2D eigenvalue weighted by Crippen LogP contribution is 2.38. The van der Waals surface area contributed by atoms with Crippen LogP contribution in [0.3, 0.4) is 0 Å². The predicted octanol–water partition coefficient (Wildman–Crippen LogP) is 2.25. The number of aryl methyl sites for hydroxylation is 2. The molecule has 0 saturated heterocycles. The van der Waals surface area contributed by atoms with Gasteiger partial charge in [-0.1, -0.05) is 6.92 Å². The summed E-state index contributed by atoms with van der Waals surface area (Å²) in [6.45, 7) is 8.15. The van der Waals surface area contributed by atoms with Crippen LogP contribution < -0.4 is 10.6 Å². The minimum absolute atomic E-state index is 0.568. The fraction of sp³-hybridized carbons (Fsp3) is 0.643. The van der Waals surface area contributed by atoms with Crippen molar-refractivity contribution in [3.63, 3.8) is 0 Å². The molecule has 0 amide bonds. The van der Waals surface area contributed by atoms with Gasteiger partial charge in [0.25, 0.3) is 0 Å². The van der Waals surface area contributed by atoms with E-state index in [9.17, 15) is 0 Å². The van der Waals surface area contributed by atoms with Crippen LogP contribution in [0.5, 0.6) is 0 Å². The van der Waals surface area contributed by atoms with E-state index in [0.29, 0.717) is 6.54 Å². The normalized spacial score (nSPS) is 22.6. The zero-order valence-electron chi connectivity index (χ0n) is 11.3. The molecular weight excluding hydrogens is 210 g/mol. The lowest BCUT2D eigenvalue weighted by molar-refractivity contribution is 0.714. The van der Waals surface area contributed by atoms with Crippen molar-refractivity contribution in [1.82, 2.24) is 4.98 Å². The van der Waals surface area contributed by atoms with Gasteiger partial charge in [0.2, 0.25) is 0 Å². The molecule has 1 aliphatic rings. The number of nitrogens with two attached hydrogens (primary N) is 1. The molecule has 1 saturated carbocycles. The second-order valence-corrected chi connectivity index (χ2v) is 5.44. The molecule has 3 heteroatoms. The third kappa shape index (κ3) is 2.60. The number of rotatable bonds is 4. The third-order valence-corrected chi connectivity index (χ3v) is 3.80. The van der Waals surface area contributed by atoms with Crippen LogP contribution in [0, 0.1) is 25.7 Å². The van der Waals surface area contributed by atoms with E-state index in [4.69, 9.17) is 5.73 Å². The Morgan fingerprint density at radius 3 is 2.65 bits per heavy atom. The summed E-state index contributed by atoms with van der Waals surface area (Å²) in [5.74, 6) is 2.79. The van der Waals surface area contributed by atoms with Crippen molar-refractivity contribution in [1.29, 1.82) is 0 Å². The second-order valence-electron chi connectivity index (χ2n) is 5.44. The number of hydrogen-bond donors (Lipinski definition) is 1. The molecule has 0 bridgehead atoms. The van der Waals surface area contributed by atoms with Gasteiger partial charge in [-0.05, 0) is 43.7 Å². The lowest BCUT2D eigenvalue weighted by atomic mass is 10.1. The Morgan fingerprint density at radius 2 is 2.12 bits per heavy atom. The molecule has 2 atom stereocenters. The average Bonchev–Trinajstić information content (AvgIpc) is 2.93. The van der Waals surface area contributed by atoms with Gasteiger partial charge in [-0.25, -0.2) is 4.98 Å². The van der Waals surface area contributed by atoms with Gasteiger partial charge in [0.05, 0.1) is 0 Å². The van der Waals surface area contributed by atoms with Crippen molar-refractivity contribution in [3.8, 4) is 0 Å². The molecule has 3 nitrogen and oxygen atoms in total. The van der Waals surface area contributed by atoms with Crippen molar-refractivity contribution < 1.29 is 0 Å². The molecule has 2 rings (SSSR count). The Balaban J connectivity index is 2.23. The molecule has 1 fully saturated rings. The highest BCUT2D eigenvalue weighted by atomic mass is 15.2. The number of nitrogens with zero attached hydrogens (tertiary/aromatic N) is 2. The Hall–Kier alpha value is -1.09. The topological polar surface area (TPSA) is 42.1 Å². The fourth-order valence-corrected chi connectivity index (χ4v) is 2.50. The Morgan fingerprint density at radius 1 is 1.47 bits per heavy atom. The van der Waals surface area contributed by atoms with Crippen LogP contribution in [-0.2, 0) is 6.54 Å². The molecular formula is C14H23N3. The average molecular weight is 233 g/mol. The highest BCUT2D eigenvalue weighted by Gasteiger charge is 2.33. The maximum atomic E-state index is 5.85. The standard InChI is InChI=1S/C14H23N3/c1-9-6-12(9)8-17(4)14-13(7-15)10(2)5-11(3)16-14/h5,9,12H,6-8,15H2,1-4H3. The van der Waals surface area contributed by atoms with Crippen molar-refractivity contribution in [3.05, 3.63) is 22.9 Å². The summed E-state index contributed by atoms with van der Waals surface area (Å²) in [5, 5.41) is 0. The van der Waals surface area contributed by atoms with Crippen LogP contribution in [0.4, 0.5) is 5.82 Å². The first kappa shape index (κ1) is 12.4. The smallest absolute Gasteiger partial charge is 0.133 e. The van der Waals surface area contributed by atoms with Gasteiger partial charge >= 0.3 is 0 Å². The van der Waals surface area contributed by atoms with Crippen LogP contribution in [0.2, 0.25) is 0 Å². The summed E-state index contributed by atoms with van der Waals surface area (Å²) >= 11 is 0. The van der Waals surface area contributed by atoms with Gasteiger partial charge in [-0.2, -0.15) is 0 Å². The molecule has 0 spiro atoms. The fourth-order valence-electron chi connectivity index (χ4n) is 2.50. The van der Waals surface area contributed by atoms with Crippen LogP contribution in [-0.4, -0.2) is 18.6 Å². The first-order valence-electron chi connectivity index (χ1n) is 6.41. The number of pyridine rings is 1. The van der Waals surface area contributed by atoms with Crippen LogP contribution >= 0.6 is 0 Å². The molecule has 1 aliphatic carbocycles. The van der Waals surface area contributed by atoms with Crippen molar-refractivity contribution >= 4 is 5.82 Å². The third-order valence-electron chi connectivity index (χ3n) is 3.80. The Labute approximate surface area is 104 Å². The summed E-state index contributed by atoms with van der Waals surface area (Å²) in [6.07, 6.45) is 1.35. The van der Waals surface area contributed by atoms with Gasteiger partial charge in [-0.3, -0.25) is 0 Å². The summed E-state index contributed by atoms with van der Waals surface area (Å²) < 4.78 is 0. The number of anilines is 1. The quantitative estimate of drug-likeness (QED) is 0.867. The zero-order valence-corrected chi connectivity index (χ0v) is 11.3. The monoisotopic (exact) mass is 233 g/mol. The first-order valence-corrected chi connectivity index (χ1v) is 6.41. The number of hydrogen-bond acceptors (Lipinski definition) is 3. The van der Waals surface area contributed by atoms with E-state index >= 15 is 0 Å². The molecule has 1 aromatic heterocycles. The van der Waals surface area contributed by atoms with E-state index in [2.05, 4.69) is 36.8 Å². The zero-order chi connectivity index (χ0) is 12.6. The molecule has 17 heavy (non-hydrogen) atoms. The van der Waals surface area contributed by atoms with Crippen molar-refractivity contribution in [2.75, 3.05) is 18.5 Å². The highest BCUT2D eigenvalue weighted by molar-refractivity contribution is 5.51. The molecule has 2 N–H and O–H groups in total. The molecule has 0 radical (unpaired) electrons. The first-order chi connectivity index (χ1) is 8.02. The lowest BCUT2D eigenvalue weighted by Gasteiger charge is -2.22. The minimum Gasteiger partial charge on any atom is -0.359 e. The van der Waals surface area contributed by atoms with E-state index in [-0.39, 0.29) is 0 Å². The van der Waals surface area contributed by atoms with Gasteiger partial charge < -0.3 is 10.6 Å². The maximum absolute atomic E-state index is 5.85. The SMILES string of the molecule is Cc1cc(C)c(CN)c(N(C)CC2CC2C)n1. The van der Waals surface area contributed by atoms with Gasteiger partial charge in [0.15, 0.2) is 0 Å². The van der Waals surface area contributed by atoms with Crippen molar-refractivity contribution in [2.24, 2.45) is 17.6 Å². The van der Waals surface area contributed by atoms with Gasteiger partial charge in [-0.15, -0.1) is 0 Å². The van der Waals surface area contributed by atoms with Crippen LogP contribution in [0.1, 0.15) is 30.2 Å². The molecule has 0 aromatic carbocycles. The van der Waals surface area contributed by atoms with Gasteiger partial charge in [0, 0.05) is 31.4 Å². The predicted molar refractivity (Wildman–Crippen MR) is 72.1 cm³/mol. The largest absolute Gasteiger partial charge is 0.359 e. The van der Waals surface area contributed by atoms with Crippen LogP contribution in [0.25, 0.3) is 0 Å². The number of aromatic nitrogens is 1. The Bertz CT molecular complexity index is 414. The summed E-state index contributed by atoms with van der Waals surface area (Å²) in [4.78, 5) is 6.93. The van der Waals surface area contributed by atoms with Crippen molar-refractivity contribution in [2.45, 2.75) is 33.7 Å². The minimum atomic E-state index is 0.568. The summed E-state index contributed by atoms with van der Waals surface area (Å²) in [6, 6.07) is 2.11. The molecule has 1 aromatic rings. The maximum Gasteiger partial charge on any atom is 0.133 e. The summed E-state index contributed by atoms with van der Waals surface area (Å²) in [7, 11) is 2.13. The Kier molecular flexibility index (Phi) is 3.38. The van der Waals surface area contributed by atoms with E-state index in [0.717, 1.165) is 29.9 Å². The van der Waals surface area contributed by atoms with Gasteiger partial charge in [0.1, 0.15) is 5.82 Å². The van der Waals surface area contributed by atoms with E-state index in [1.165, 1.54) is 17.5 Å². The molecule has 1 heterocycles. The molecule has 0 aliphatic heterocycles.